The average Bonchev–Trinajstić information content (AvgIpc) is 3.57. The normalized spacial score (nSPS) is 16.3. The van der Waals surface area contributed by atoms with Crippen molar-refractivity contribution >= 4 is 28.4 Å². The minimum Gasteiger partial charge on any atom is -0.491 e. The Hall–Kier alpha value is -4.48. The second-order valence-electron chi connectivity index (χ2n) is 12.3. The van der Waals surface area contributed by atoms with E-state index in [1.165, 1.54) is 0 Å². The van der Waals surface area contributed by atoms with Crippen LogP contribution in [0.15, 0.2) is 47.4 Å². The van der Waals surface area contributed by atoms with Crippen molar-refractivity contribution in [2.24, 2.45) is 0 Å². The van der Waals surface area contributed by atoms with Crippen molar-refractivity contribution in [1.82, 2.24) is 24.8 Å². The molecule has 45 heavy (non-hydrogen) atoms. The van der Waals surface area contributed by atoms with Crippen LogP contribution in [-0.2, 0) is 11.3 Å². The van der Waals surface area contributed by atoms with E-state index in [-0.39, 0.29) is 36.4 Å². The molecule has 11 heteroatoms. The number of amides is 1. The van der Waals surface area contributed by atoms with Gasteiger partial charge in [0.05, 0.1) is 16.7 Å². The van der Waals surface area contributed by atoms with E-state index in [1.807, 2.05) is 49.1 Å². The number of nitrogens with zero attached hydrogens (tertiary/aromatic N) is 3. The lowest BCUT2D eigenvalue weighted by Crippen LogP contribution is -2.45. The van der Waals surface area contributed by atoms with Gasteiger partial charge in [0, 0.05) is 56.9 Å². The first-order chi connectivity index (χ1) is 21.7. The first kappa shape index (κ1) is 30.5. The number of H-pyrrole nitrogens is 2. The number of nitrogens with one attached hydrogen (secondary N) is 3. The quantitative estimate of drug-likeness (QED) is 0.200. The van der Waals surface area contributed by atoms with Crippen LogP contribution in [0.4, 0.5) is 5.69 Å². The topological polar surface area (TPSA) is 144 Å². The predicted octanol–water partition coefficient (Wildman–Crippen LogP) is 3.79. The summed E-state index contributed by atoms with van der Waals surface area (Å²) in [5, 5.41) is 13.8. The monoisotopic (exact) mass is 612 g/mol. The molecule has 1 atom stereocenters. The minimum absolute atomic E-state index is 0.00980. The molecule has 2 aromatic carbocycles. The number of carbonyl (C=O) groups excluding carboxylic acids is 2. The number of ether oxygens (including phenoxy) is 1. The molecule has 11 nitrogen and oxygen atoms in total. The number of anilines is 1. The molecule has 2 aromatic heterocycles. The lowest BCUT2D eigenvalue weighted by atomic mass is 10.0. The van der Waals surface area contributed by atoms with E-state index in [0.29, 0.717) is 41.1 Å². The number of ketones is 1. The predicted molar refractivity (Wildman–Crippen MR) is 173 cm³/mol. The summed E-state index contributed by atoms with van der Waals surface area (Å²) in [7, 11) is 0. The number of hydrogen-bond donors (Lipinski definition) is 4. The molecule has 1 fully saturated rings. The van der Waals surface area contributed by atoms with Crippen LogP contribution >= 0.6 is 0 Å². The number of benzene rings is 2. The van der Waals surface area contributed by atoms with Crippen molar-refractivity contribution < 1.29 is 19.4 Å². The fourth-order valence-corrected chi connectivity index (χ4v) is 6.32. The highest BCUT2D eigenvalue weighted by atomic mass is 16.5. The SMILES string of the molecule is CC(=O)CCN1CCC(N2Cc3cc4[nH]c(-c5c(NCC(O)COc6ccc(C)cc6C)cc[nH]c5=O)nc4cc3C2=O)CC1. The standard InChI is InChI=1S/C34H40N6O5/c1-20-4-5-30(21(2)14-20)45-19-25(42)17-36-27-6-10-35-33(43)31(27)32-37-28-15-23-18-40(34(44)26(23)16-29(28)38-32)24-8-12-39(13-9-24)11-7-22(3)41/h4-6,10,14-16,24-25,42H,7-9,11-13,17-19H2,1-3H3,(H,37,38)(H2,35,36,43). The van der Waals surface area contributed by atoms with Gasteiger partial charge in [0.15, 0.2) is 0 Å². The van der Waals surface area contributed by atoms with Crippen LogP contribution in [0.5, 0.6) is 5.75 Å². The minimum atomic E-state index is -0.821. The van der Waals surface area contributed by atoms with Gasteiger partial charge >= 0.3 is 0 Å². The Bertz CT molecular complexity index is 1790. The van der Waals surface area contributed by atoms with Gasteiger partial charge in [-0.25, -0.2) is 4.98 Å². The second-order valence-corrected chi connectivity index (χ2v) is 12.3. The molecular formula is C34H40N6O5. The zero-order valence-corrected chi connectivity index (χ0v) is 26.0. The lowest BCUT2D eigenvalue weighted by Gasteiger charge is -2.36. The van der Waals surface area contributed by atoms with Gasteiger partial charge in [0.2, 0.25) is 0 Å². The largest absolute Gasteiger partial charge is 0.491 e. The first-order valence-corrected chi connectivity index (χ1v) is 15.6. The number of likely N-dealkylation sites (tertiary alicyclic amines) is 1. The Morgan fingerprint density at radius 1 is 1.16 bits per heavy atom. The van der Waals surface area contributed by atoms with Crippen molar-refractivity contribution in [3.05, 3.63) is 75.2 Å². The molecule has 6 rings (SSSR count). The smallest absolute Gasteiger partial charge is 0.261 e. The van der Waals surface area contributed by atoms with E-state index in [1.54, 1.807) is 19.2 Å². The number of carbonyl (C=O) groups is 2. The van der Waals surface area contributed by atoms with E-state index in [9.17, 15) is 19.5 Å². The number of pyridine rings is 1. The average molecular weight is 613 g/mol. The molecule has 4 N–H and O–H groups in total. The van der Waals surface area contributed by atoms with Crippen LogP contribution in [0.25, 0.3) is 22.4 Å². The number of aromatic nitrogens is 3. The third-order valence-corrected chi connectivity index (χ3v) is 8.80. The van der Waals surface area contributed by atoms with E-state index < -0.39 is 6.10 Å². The molecule has 2 aliphatic rings. The summed E-state index contributed by atoms with van der Waals surface area (Å²) in [5.74, 6) is 1.31. The maximum atomic E-state index is 13.5. The number of hydrogen-bond acceptors (Lipinski definition) is 8. The van der Waals surface area contributed by atoms with Gasteiger partial charge in [0.25, 0.3) is 11.5 Å². The van der Waals surface area contributed by atoms with Crippen molar-refractivity contribution in [2.45, 2.75) is 58.7 Å². The summed E-state index contributed by atoms with van der Waals surface area (Å²) in [6.45, 7) is 8.93. The van der Waals surface area contributed by atoms with Crippen molar-refractivity contribution in [3.63, 3.8) is 0 Å². The van der Waals surface area contributed by atoms with Crippen LogP contribution in [0, 0.1) is 13.8 Å². The highest BCUT2D eigenvalue weighted by molar-refractivity contribution is 6.02. The van der Waals surface area contributed by atoms with E-state index in [0.717, 1.165) is 60.4 Å². The molecule has 1 unspecified atom stereocenters. The first-order valence-electron chi connectivity index (χ1n) is 15.6. The van der Waals surface area contributed by atoms with Crippen LogP contribution < -0.4 is 15.6 Å². The van der Waals surface area contributed by atoms with Crippen molar-refractivity contribution in [3.8, 4) is 17.1 Å². The summed E-state index contributed by atoms with van der Waals surface area (Å²) in [5.41, 5.74) is 5.59. The van der Waals surface area contributed by atoms with Crippen LogP contribution in [0.2, 0.25) is 0 Å². The number of fused-ring (bicyclic) bond motifs is 2. The number of piperidine rings is 1. The van der Waals surface area contributed by atoms with Crippen molar-refractivity contribution in [2.75, 3.05) is 38.1 Å². The Morgan fingerprint density at radius 3 is 2.71 bits per heavy atom. The highest BCUT2D eigenvalue weighted by Crippen LogP contribution is 2.33. The summed E-state index contributed by atoms with van der Waals surface area (Å²) in [6, 6.07) is 11.6. The molecule has 2 aliphatic heterocycles. The molecule has 0 radical (unpaired) electrons. The van der Waals surface area contributed by atoms with Gasteiger partial charge in [-0.15, -0.1) is 0 Å². The summed E-state index contributed by atoms with van der Waals surface area (Å²) in [4.78, 5) is 52.8. The van der Waals surface area contributed by atoms with Gasteiger partial charge in [-0.3, -0.25) is 14.4 Å². The van der Waals surface area contributed by atoms with Gasteiger partial charge in [-0.2, -0.15) is 0 Å². The number of Topliss-reactive ketones (excluding diaryl/α,β-unsaturated/α-hetero) is 1. The molecule has 0 spiro atoms. The summed E-state index contributed by atoms with van der Waals surface area (Å²) in [6.07, 6.45) is 3.06. The number of aliphatic hydroxyl groups is 1. The van der Waals surface area contributed by atoms with E-state index in [2.05, 4.69) is 20.2 Å². The second kappa shape index (κ2) is 12.9. The van der Waals surface area contributed by atoms with Crippen LogP contribution in [0.3, 0.4) is 0 Å². The zero-order chi connectivity index (χ0) is 31.7. The van der Waals surface area contributed by atoms with E-state index >= 15 is 0 Å². The molecule has 4 heterocycles. The van der Waals surface area contributed by atoms with Crippen molar-refractivity contribution in [1.29, 1.82) is 0 Å². The molecular weight excluding hydrogens is 572 g/mol. The maximum absolute atomic E-state index is 13.5. The number of aromatic amines is 2. The molecule has 236 valence electrons. The van der Waals surface area contributed by atoms with Crippen LogP contribution in [-0.4, -0.2) is 86.5 Å². The Kier molecular flexibility index (Phi) is 8.73. The van der Waals surface area contributed by atoms with Gasteiger partial charge < -0.3 is 34.9 Å². The molecule has 0 saturated carbocycles. The third kappa shape index (κ3) is 6.64. The molecule has 1 amide bonds. The highest BCUT2D eigenvalue weighted by Gasteiger charge is 2.35. The number of rotatable bonds is 11. The molecule has 0 aliphatic carbocycles. The van der Waals surface area contributed by atoms with E-state index in [4.69, 9.17) is 9.72 Å². The lowest BCUT2D eigenvalue weighted by molar-refractivity contribution is -0.117. The van der Waals surface area contributed by atoms with Gasteiger partial charge in [0.1, 0.15) is 35.6 Å². The van der Waals surface area contributed by atoms with Crippen LogP contribution in [0.1, 0.15) is 53.2 Å². The van der Waals surface area contributed by atoms with Gasteiger partial charge in [-0.05, 0) is 69.0 Å². The summed E-state index contributed by atoms with van der Waals surface area (Å²) >= 11 is 0. The number of aryl methyl sites for hydroxylation is 2. The van der Waals surface area contributed by atoms with Gasteiger partial charge in [-0.1, -0.05) is 17.7 Å². The third-order valence-electron chi connectivity index (χ3n) is 8.80. The molecule has 4 aromatic rings. The molecule has 1 saturated heterocycles. The fraction of sp³-hybridized carbons (Fsp3) is 0.412. The maximum Gasteiger partial charge on any atom is 0.261 e. The Morgan fingerprint density at radius 2 is 1.96 bits per heavy atom. The Balaban J connectivity index is 1.13. The number of aliphatic hydroxyl groups excluding tert-OH is 1. The summed E-state index contributed by atoms with van der Waals surface area (Å²) < 4.78 is 5.82. The molecule has 0 bridgehead atoms. The Labute approximate surface area is 261 Å². The fourth-order valence-electron chi connectivity index (χ4n) is 6.32. The number of imidazole rings is 1. The zero-order valence-electron chi connectivity index (χ0n) is 26.0.